The van der Waals surface area contributed by atoms with E-state index in [1.165, 1.54) is 11.1 Å². The average Bonchev–Trinajstić information content (AvgIpc) is 2.40. The van der Waals surface area contributed by atoms with Gasteiger partial charge in [-0.05, 0) is 24.0 Å². The third-order valence-corrected chi connectivity index (χ3v) is 2.39. The zero-order valence-electron chi connectivity index (χ0n) is 9.60. The highest BCUT2D eigenvalue weighted by Gasteiger charge is 1.93. The first-order valence-electron chi connectivity index (χ1n) is 5.48. The van der Waals surface area contributed by atoms with Gasteiger partial charge in [0.15, 0.2) is 0 Å². The fourth-order valence-electron chi connectivity index (χ4n) is 1.58. The second kappa shape index (κ2) is 8.03. The first kappa shape index (κ1) is 12.9. The molecule has 0 aliphatic rings. The summed E-state index contributed by atoms with van der Waals surface area (Å²) in [6.07, 6.45) is 3.01. The SMILES string of the molecule is N=C=O.c1ccc(CCc2ccccc2)cc1. The smallest absolute Gasteiger partial charge is 0.222 e. The van der Waals surface area contributed by atoms with E-state index in [2.05, 4.69) is 60.7 Å². The molecule has 86 valence electrons. The van der Waals surface area contributed by atoms with Crippen molar-refractivity contribution in [3.05, 3.63) is 71.8 Å². The van der Waals surface area contributed by atoms with Crippen LogP contribution in [0.3, 0.4) is 0 Å². The number of benzene rings is 2. The molecule has 2 heteroatoms. The lowest BCUT2D eigenvalue weighted by molar-refractivity contribution is 0.563. The monoisotopic (exact) mass is 225 g/mol. The summed E-state index contributed by atoms with van der Waals surface area (Å²) in [4.78, 5) is 8.35. The van der Waals surface area contributed by atoms with Crippen LogP contribution in [-0.2, 0) is 17.6 Å². The van der Waals surface area contributed by atoms with Crippen molar-refractivity contribution in [2.24, 2.45) is 0 Å². The zero-order valence-corrected chi connectivity index (χ0v) is 9.60. The molecule has 0 amide bonds. The van der Waals surface area contributed by atoms with E-state index in [1.807, 2.05) is 0 Å². The summed E-state index contributed by atoms with van der Waals surface area (Å²) in [7, 11) is 0. The molecule has 0 aliphatic heterocycles. The maximum absolute atomic E-state index is 8.35. The molecule has 0 aliphatic carbocycles. The van der Waals surface area contributed by atoms with Gasteiger partial charge in [0, 0.05) is 0 Å². The Morgan fingerprint density at radius 3 is 1.35 bits per heavy atom. The third-order valence-electron chi connectivity index (χ3n) is 2.39. The third kappa shape index (κ3) is 5.45. The van der Waals surface area contributed by atoms with Crippen LogP contribution in [0.1, 0.15) is 11.1 Å². The second-order valence-electron chi connectivity index (χ2n) is 3.57. The van der Waals surface area contributed by atoms with Gasteiger partial charge in [0.1, 0.15) is 0 Å². The van der Waals surface area contributed by atoms with Gasteiger partial charge in [-0.25, -0.2) is 10.2 Å². The highest BCUT2D eigenvalue weighted by atomic mass is 16.1. The van der Waals surface area contributed by atoms with E-state index in [-0.39, 0.29) is 0 Å². The number of hydrogen-bond donors (Lipinski definition) is 1. The Hall–Kier alpha value is -2.18. The molecule has 0 atom stereocenters. The first-order chi connectivity index (χ1) is 8.36. The van der Waals surface area contributed by atoms with Gasteiger partial charge in [-0.15, -0.1) is 0 Å². The number of isocyanates is 1. The van der Waals surface area contributed by atoms with E-state index in [1.54, 1.807) is 0 Å². The van der Waals surface area contributed by atoms with Crippen LogP contribution >= 0.6 is 0 Å². The van der Waals surface area contributed by atoms with Gasteiger partial charge in [-0.2, -0.15) is 0 Å². The molecule has 1 N–H and O–H groups in total. The molecule has 0 saturated carbocycles. The molecule has 0 fully saturated rings. The molecule has 2 nitrogen and oxygen atoms in total. The summed E-state index contributed by atoms with van der Waals surface area (Å²) in [5.41, 5.74) is 2.83. The largest absolute Gasteiger partial charge is 0.231 e. The minimum absolute atomic E-state index is 0.750. The van der Waals surface area contributed by atoms with Crippen LogP contribution in [-0.4, -0.2) is 6.08 Å². The molecule has 2 aromatic rings. The minimum atomic E-state index is 0.750. The molecule has 0 aromatic heterocycles. The molecule has 0 radical (unpaired) electrons. The molecule has 0 saturated heterocycles. The number of rotatable bonds is 3. The lowest BCUT2D eigenvalue weighted by atomic mass is 10.0. The molecule has 0 bridgehead atoms. The number of carbonyl (C=O) groups excluding carboxylic acids is 1. The van der Waals surface area contributed by atoms with Gasteiger partial charge in [-0.3, -0.25) is 0 Å². The summed E-state index contributed by atoms with van der Waals surface area (Å²) < 4.78 is 0. The Balaban J connectivity index is 0.000000437. The summed E-state index contributed by atoms with van der Waals surface area (Å²) in [5, 5.41) is 5.40. The fraction of sp³-hybridized carbons (Fsp3) is 0.133. The molecule has 2 rings (SSSR count). The van der Waals surface area contributed by atoms with Crippen molar-refractivity contribution in [2.45, 2.75) is 12.8 Å². The molecule has 0 spiro atoms. The zero-order chi connectivity index (χ0) is 12.3. The molecule has 0 unspecified atom stereocenters. The quantitative estimate of drug-likeness (QED) is 0.631. The second-order valence-corrected chi connectivity index (χ2v) is 3.57. The lowest BCUT2D eigenvalue weighted by Crippen LogP contribution is -1.89. The van der Waals surface area contributed by atoms with Crippen LogP contribution < -0.4 is 0 Å². The molecule has 2 aromatic carbocycles. The van der Waals surface area contributed by atoms with Gasteiger partial charge < -0.3 is 0 Å². The van der Waals surface area contributed by atoms with Gasteiger partial charge in [-0.1, -0.05) is 60.7 Å². The summed E-state index contributed by atoms with van der Waals surface area (Å²) in [6, 6.07) is 21.2. The average molecular weight is 225 g/mol. The van der Waals surface area contributed by atoms with Crippen LogP contribution in [0.15, 0.2) is 60.7 Å². The standard InChI is InChI=1S/C14H14.CHNO/c1-3-7-13(8-4-1)11-12-14-9-5-2-6-10-14;2-1-3/h1-10H,11-12H2;2H. The predicted molar refractivity (Wildman–Crippen MR) is 68.7 cm³/mol. The van der Waals surface area contributed by atoms with Gasteiger partial charge in [0.2, 0.25) is 6.08 Å². The van der Waals surface area contributed by atoms with Crippen LogP contribution in [0, 0.1) is 5.41 Å². The van der Waals surface area contributed by atoms with E-state index in [0.717, 1.165) is 18.9 Å². The Morgan fingerprint density at radius 2 is 1.06 bits per heavy atom. The maximum Gasteiger partial charge on any atom is 0.231 e. The van der Waals surface area contributed by atoms with Crippen molar-refractivity contribution in [3.8, 4) is 0 Å². The van der Waals surface area contributed by atoms with Crippen LogP contribution in [0.5, 0.6) is 0 Å². The van der Waals surface area contributed by atoms with E-state index >= 15 is 0 Å². The first-order valence-corrected chi connectivity index (χ1v) is 5.48. The van der Waals surface area contributed by atoms with Crippen LogP contribution in [0.2, 0.25) is 0 Å². The predicted octanol–water partition coefficient (Wildman–Crippen LogP) is 3.37. The minimum Gasteiger partial charge on any atom is -0.222 e. The maximum atomic E-state index is 8.35. The lowest BCUT2D eigenvalue weighted by Gasteiger charge is -2.01. The Bertz CT molecular complexity index is 405. The summed E-state index contributed by atoms with van der Waals surface area (Å²) >= 11 is 0. The number of nitrogens with one attached hydrogen (secondary N) is 1. The van der Waals surface area contributed by atoms with E-state index in [0.29, 0.717) is 0 Å². The van der Waals surface area contributed by atoms with Crippen molar-refractivity contribution < 1.29 is 4.79 Å². The molecular formula is C15H15NO. The normalized spacial score (nSPS) is 8.71. The highest BCUT2D eigenvalue weighted by molar-refractivity contribution is 5.26. The van der Waals surface area contributed by atoms with Gasteiger partial charge in [0.25, 0.3) is 0 Å². The van der Waals surface area contributed by atoms with E-state index in [9.17, 15) is 0 Å². The topological polar surface area (TPSA) is 40.9 Å². The molecular weight excluding hydrogens is 210 g/mol. The van der Waals surface area contributed by atoms with Crippen molar-refractivity contribution in [1.29, 1.82) is 5.41 Å². The highest BCUT2D eigenvalue weighted by Crippen LogP contribution is 2.06. The Labute approximate surface area is 101 Å². The summed E-state index contributed by atoms with van der Waals surface area (Å²) in [6.45, 7) is 0. The van der Waals surface area contributed by atoms with Crippen molar-refractivity contribution in [1.82, 2.24) is 0 Å². The van der Waals surface area contributed by atoms with Crippen LogP contribution in [0.4, 0.5) is 0 Å². The van der Waals surface area contributed by atoms with Crippen molar-refractivity contribution in [3.63, 3.8) is 0 Å². The Kier molecular flexibility index (Phi) is 6.09. The number of hydrogen-bond acceptors (Lipinski definition) is 2. The summed E-state index contributed by atoms with van der Waals surface area (Å²) in [5.74, 6) is 0. The van der Waals surface area contributed by atoms with Gasteiger partial charge >= 0.3 is 0 Å². The Morgan fingerprint density at radius 1 is 0.765 bits per heavy atom. The van der Waals surface area contributed by atoms with Gasteiger partial charge in [0.05, 0.1) is 0 Å². The van der Waals surface area contributed by atoms with Crippen LogP contribution in [0.25, 0.3) is 0 Å². The van der Waals surface area contributed by atoms with E-state index in [4.69, 9.17) is 10.2 Å². The molecule has 0 heterocycles. The number of aryl methyl sites for hydroxylation is 2. The van der Waals surface area contributed by atoms with Crippen molar-refractivity contribution in [2.75, 3.05) is 0 Å². The van der Waals surface area contributed by atoms with Crippen molar-refractivity contribution >= 4 is 6.08 Å². The molecule has 17 heavy (non-hydrogen) atoms. The van der Waals surface area contributed by atoms with E-state index < -0.39 is 0 Å². The fourth-order valence-corrected chi connectivity index (χ4v) is 1.58.